The normalized spacial score (nSPS) is 19.9. The molecule has 18 heavy (non-hydrogen) atoms. The molecule has 0 radical (unpaired) electrons. The third-order valence-electron chi connectivity index (χ3n) is 4.27. The first-order valence-electron chi connectivity index (χ1n) is 7.07. The Morgan fingerprint density at radius 1 is 1.28 bits per heavy atom. The fourth-order valence-corrected chi connectivity index (χ4v) is 2.72. The van der Waals surface area contributed by atoms with E-state index in [9.17, 15) is 5.11 Å². The minimum absolute atomic E-state index is 0.0410. The van der Waals surface area contributed by atoms with Gasteiger partial charge in [0, 0.05) is 25.1 Å². The van der Waals surface area contributed by atoms with Crippen LogP contribution in [0, 0.1) is 5.41 Å². The second-order valence-electron chi connectivity index (χ2n) is 5.91. The van der Waals surface area contributed by atoms with Crippen molar-refractivity contribution in [1.82, 2.24) is 4.90 Å². The smallest absolute Gasteiger partial charge is 0.0496 e. The summed E-state index contributed by atoms with van der Waals surface area (Å²) >= 11 is 0. The Balaban J connectivity index is 2.08. The van der Waals surface area contributed by atoms with Crippen LogP contribution in [-0.4, -0.2) is 29.7 Å². The third kappa shape index (κ3) is 3.12. The molecular formula is C16H25NO. The number of aryl methyl sites for hydroxylation is 1. The fraction of sp³-hybridized carbons (Fsp3) is 0.625. The van der Waals surface area contributed by atoms with Crippen molar-refractivity contribution in [2.75, 3.05) is 19.7 Å². The molecule has 0 saturated carbocycles. The van der Waals surface area contributed by atoms with Gasteiger partial charge in [-0.2, -0.15) is 0 Å². The molecule has 0 aliphatic carbocycles. The van der Waals surface area contributed by atoms with E-state index in [1.54, 1.807) is 0 Å². The van der Waals surface area contributed by atoms with E-state index in [0.29, 0.717) is 0 Å². The molecule has 100 valence electrons. The van der Waals surface area contributed by atoms with Gasteiger partial charge in [-0.3, -0.25) is 4.90 Å². The standard InChI is InChI=1S/C16H25NO/c1-3-16(2,13-18)12-17-10-6-9-14-7-4-5-8-15(14)11-17/h4-5,7-8,18H,3,6,9-13H2,1-2H3. The zero-order valence-corrected chi connectivity index (χ0v) is 11.7. The van der Waals surface area contributed by atoms with Crippen LogP contribution in [-0.2, 0) is 13.0 Å². The van der Waals surface area contributed by atoms with Gasteiger partial charge in [0.1, 0.15) is 0 Å². The lowest BCUT2D eigenvalue weighted by atomic mass is 9.88. The Labute approximate surface area is 111 Å². The molecule has 0 fully saturated rings. The molecule has 1 N–H and O–H groups in total. The number of fused-ring (bicyclic) bond motifs is 1. The lowest BCUT2D eigenvalue weighted by Crippen LogP contribution is -2.37. The van der Waals surface area contributed by atoms with Gasteiger partial charge in [-0.25, -0.2) is 0 Å². The van der Waals surface area contributed by atoms with E-state index >= 15 is 0 Å². The number of nitrogens with zero attached hydrogens (tertiary/aromatic N) is 1. The first-order chi connectivity index (χ1) is 8.67. The monoisotopic (exact) mass is 247 g/mol. The Bertz CT molecular complexity index is 384. The van der Waals surface area contributed by atoms with E-state index in [-0.39, 0.29) is 12.0 Å². The van der Waals surface area contributed by atoms with Gasteiger partial charge in [0.25, 0.3) is 0 Å². The molecule has 1 aromatic carbocycles. The summed E-state index contributed by atoms with van der Waals surface area (Å²) in [5.41, 5.74) is 3.01. The minimum Gasteiger partial charge on any atom is -0.396 e. The molecule has 1 aliphatic heterocycles. The van der Waals surface area contributed by atoms with Crippen molar-refractivity contribution in [3.63, 3.8) is 0 Å². The average molecular weight is 247 g/mol. The molecule has 2 nitrogen and oxygen atoms in total. The molecular weight excluding hydrogens is 222 g/mol. The fourth-order valence-electron chi connectivity index (χ4n) is 2.72. The zero-order chi connectivity index (χ0) is 13.0. The molecule has 0 bridgehead atoms. The number of aliphatic hydroxyl groups is 1. The van der Waals surface area contributed by atoms with Crippen LogP contribution in [0.15, 0.2) is 24.3 Å². The molecule has 1 aliphatic rings. The summed E-state index contributed by atoms with van der Waals surface area (Å²) < 4.78 is 0. The molecule has 0 amide bonds. The van der Waals surface area contributed by atoms with Crippen LogP contribution in [0.3, 0.4) is 0 Å². The number of hydrogen-bond donors (Lipinski definition) is 1. The Hall–Kier alpha value is -0.860. The minimum atomic E-state index is 0.0410. The Kier molecular flexibility index (Phi) is 4.41. The summed E-state index contributed by atoms with van der Waals surface area (Å²) in [5, 5.41) is 9.55. The first-order valence-corrected chi connectivity index (χ1v) is 7.07. The lowest BCUT2D eigenvalue weighted by molar-refractivity contribution is 0.0818. The van der Waals surface area contributed by atoms with E-state index < -0.39 is 0 Å². The van der Waals surface area contributed by atoms with Gasteiger partial charge in [0.2, 0.25) is 0 Å². The lowest BCUT2D eigenvalue weighted by Gasteiger charge is -2.33. The van der Waals surface area contributed by atoms with Crippen LogP contribution in [0.1, 0.15) is 37.8 Å². The van der Waals surface area contributed by atoms with Crippen molar-refractivity contribution in [1.29, 1.82) is 0 Å². The van der Waals surface area contributed by atoms with Gasteiger partial charge in [0.05, 0.1) is 0 Å². The van der Waals surface area contributed by atoms with E-state index in [1.165, 1.54) is 24.0 Å². The van der Waals surface area contributed by atoms with Crippen LogP contribution in [0.2, 0.25) is 0 Å². The molecule has 0 aromatic heterocycles. The molecule has 1 atom stereocenters. The first kappa shape index (κ1) is 13.6. The van der Waals surface area contributed by atoms with E-state index in [0.717, 1.165) is 26.1 Å². The molecule has 2 heteroatoms. The van der Waals surface area contributed by atoms with E-state index in [2.05, 4.69) is 43.0 Å². The summed E-state index contributed by atoms with van der Waals surface area (Å²) in [4.78, 5) is 2.51. The molecule has 1 unspecified atom stereocenters. The van der Waals surface area contributed by atoms with Crippen molar-refractivity contribution in [3.05, 3.63) is 35.4 Å². The van der Waals surface area contributed by atoms with Crippen molar-refractivity contribution in [2.45, 2.75) is 39.7 Å². The van der Waals surface area contributed by atoms with Gasteiger partial charge >= 0.3 is 0 Å². The molecule has 1 heterocycles. The predicted molar refractivity (Wildman–Crippen MR) is 75.5 cm³/mol. The average Bonchev–Trinajstić information content (AvgIpc) is 2.60. The van der Waals surface area contributed by atoms with Crippen LogP contribution in [0.4, 0.5) is 0 Å². The van der Waals surface area contributed by atoms with Gasteiger partial charge in [0.15, 0.2) is 0 Å². The number of aliphatic hydroxyl groups excluding tert-OH is 1. The highest BCUT2D eigenvalue weighted by Gasteiger charge is 2.25. The molecule has 1 aromatic rings. The van der Waals surface area contributed by atoms with Crippen LogP contribution in [0.5, 0.6) is 0 Å². The molecule has 0 spiro atoms. The SMILES string of the molecule is CCC(C)(CO)CN1CCCc2ccccc2C1. The maximum Gasteiger partial charge on any atom is 0.0496 e. The number of benzene rings is 1. The highest BCUT2D eigenvalue weighted by Crippen LogP contribution is 2.25. The van der Waals surface area contributed by atoms with Crippen molar-refractivity contribution in [3.8, 4) is 0 Å². The van der Waals surface area contributed by atoms with Crippen molar-refractivity contribution < 1.29 is 5.11 Å². The van der Waals surface area contributed by atoms with Crippen molar-refractivity contribution in [2.24, 2.45) is 5.41 Å². The van der Waals surface area contributed by atoms with Gasteiger partial charge in [-0.1, -0.05) is 38.1 Å². The van der Waals surface area contributed by atoms with Crippen LogP contribution in [0.25, 0.3) is 0 Å². The van der Waals surface area contributed by atoms with Gasteiger partial charge < -0.3 is 5.11 Å². The summed E-state index contributed by atoms with van der Waals surface area (Å²) in [6, 6.07) is 8.77. The molecule has 0 saturated heterocycles. The van der Waals surface area contributed by atoms with E-state index in [1.807, 2.05) is 0 Å². The third-order valence-corrected chi connectivity index (χ3v) is 4.27. The van der Waals surface area contributed by atoms with Crippen molar-refractivity contribution >= 4 is 0 Å². The molecule has 2 rings (SSSR count). The number of hydrogen-bond acceptors (Lipinski definition) is 2. The Morgan fingerprint density at radius 2 is 2.00 bits per heavy atom. The summed E-state index contributed by atoms with van der Waals surface area (Å²) in [5.74, 6) is 0. The summed E-state index contributed by atoms with van der Waals surface area (Å²) in [6.45, 7) is 7.80. The topological polar surface area (TPSA) is 23.5 Å². The highest BCUT2D eigenvalue weighted by molar-refractivity contribution is 5.28. The Morgan fingerprint density at radius 3 is 2.67 bits per heavy atom. The van der Waals surface area contributed by atoms with Gasteiger partial charge in [-0.15, -0.1) is 0 Å². The number of rotatable bonds is 4. The second kappa shape index (κ2) is 5.85. The maximum absolute atomic E-state index is 9.55. The second-order valence-corrected chi connectivity index (χ2v) is 5.91. The van der Waals surface area contributed by atoms with Crippen LogP contribution >= 0.6 is 0 Å². The summed E-state index contributed by atoms with van der Waals surface area (Å²) in [6.07, 6.45) is 3.44. The zero-order valence-electron chi connectivity index (χ0n) is 11.7. The van der Waals surface area contributed by atoms with Gasteiger partial charge in [-0.05, 0) is 36.9 Å². The largest absolute Gasteiger partial charge is 0.396 e. The maximum atomic E-state index is 9.55. The quantitative estimate of drug-likeness (QED) is 0.884. The van der Waals surface area contributed by atoms with Crippen LogP contribution < -0.4 is 0 Å². The highest BCUT2D eigenvalue weighted by atomic mass is 16.3. The summed E-state index contributed by atoms with van der Waals surface area (Å²) in [7, 11) is 0. The predicted octanol–water partition coefficient (Wildman–Crippen LogP) is 2.84. The van der Waals surface area contributed by atoms with E-state index in [4.69, 9.17) is 0 Å².